The predicted molar refractivity (Wildman–Crippen MR) is 58.7 cm³/mol. The summed E-state index contributed by atoms with van der Waals surface area (Å²) < 4.78 is 0. The van der Waals surface area contributed by atoms with E-state index in [2.05, 4.69) is 10.2 Å². The van der Waals surface area contributed by atoms with E-state index in [9.17, 15) is 0 Å². The first-order chi connectivity index (χ1) is 6.59. The van der Waals surface area contributed by atoms with Crippen molar-refractivity contribution in [2.75, 3.05) is 0 Å². The summed E-state index contributed by atoms with van der Waals surface area (Å²) in [7, 11) is 0. The molecule has 1 heterocycles. The normalized spacial score (nSPS) is 10.3. The van der Waals surface area contributed by atoms with Crippen LogP contribution in [-0.2, 0) is 0 Å². The molecule has 0 aliphatic carbocycles. The van der Waals surface area contributed by atoms with Gasteiger partial charge in [-0.3, -0.25) is 5.41 Å². The number of nitrogens with one attached hydrogen (secondary N) is 1. The SMILES string of the molecule is N=C(N)c1ccc(/C=N/N=C(N)N)s1. The molecule has 7 heteroatoms. The van der Waals surface area contributed by atoms with Crippen molar-refractivity contribution in [1.82, 2.24) is 0 Å². The molecule has 0 saturated carbocycles. The molecule has 7 N–H and O–H groups in total. The molecular weight excluding hydrogens is 200 g/mol. The van der Waals surface area contributed by atoms with E-state index in [1.54, 1.807) is 12.1 Å². The lowest BCUT2D eigenvalue weighted by molar-refractivity contribution is 1.22. The van der Waals surface area contributed by atoms with Gasteiger partial charge in [0.15, 0.2) is 0 Å². The molecule has 0 atom stereocenters. The van der Waals surface area contributed by atoms with Crippen molar-refractivity contribution < 1.29 is 0 Å². The summed E-state index contributed by atoms with van der Waals surface area (Å²) in [5.41, 5.74) is 15.4. The molecule has 6 nitrogen and oxygen atoms in total. The van der Waals surface area contributed by atoms with Gasteiger partial charge in [-0.1, -0.05) is 0 Å². The number of guanidine groups is 1. The summed E-state index contributed by atoms with van der Waals surface area (Å²) in [6.45, 7) is 0. The van der Waals surface area contributed by atoms with Gasteiger partial charge in [-0.2, -0.15) is 5.10 Å². The highest BCUT2D eigenvalue weighted by Gasteiger charge is 1.99. The highest BCUT2D eigenvalue weighted by Crippen LogP contribution is 2.13. The first-order valence-corrected chi connectivity index (χ1v) is 4.47. The second kappa shape index (κ2) is 4.38. The van der Waals surface area contributed by atoms with E-state index in [-0.39, 0.29) is 11.8 Å². The zero-order valence-electron chi connectivity index (χ0n) is 7.27. The Bertz CT molecular complexity index is 387. The van der Waals surface area contributed by atoms with E-state index in [1.165, 1.54) is 17.6 Å². The Morgan fingerprint density at radius 1 is 1.36 bits per heavy atom. The molecule has 74 valence electrons. The van der Waals surface area contributed by atoms with E-state index in [4.69, 9.17) is 22.6 Å². The second-order valence-corrected chi connectivity index (χ2v) is 3.50. The fourth-order valence-corrected chi connectivity index (χ4v) is 1.46. The van der Waals surface area contributed by atoms with Crippen LogP contribution in [0, 0.1) is 5.41 Å². The van der Waals surface area contributed by atoms with Crippen molar-refractivity contribution in [1.29, 1.82) is 5.41 Å². The Labute approximate surface area is 84.6 Å². The van der Waals surface area contributed by atoms with Crippen molar-refractivity contribution in [3.8, 4) is 0 Å². The Hall–Kier alpha value is -1.89. The highest BCUT2D eigenvalue weighted by atomic mass is 32.1. The van der Waals surface area contributed by atoms with Gasteiger partial charge in [-0.15, -0.1) is 16.4 Å². The first-order valence-electron chi connectivity index (χ1n) is 3.66. The zero-order chi connectivity index (χ0) is 10.6. The van der Waals surface area contributed by atoms with Gasteiger partial charge in [-0.25, -0.2) is 0 Å². The van der Waals surface area contributed by atoms with E-state index >= 15 is 0 Å². The molecule has 1 aromatic rings. The molecule has 0 saturated heterocycles. The Kier molecular flexibility index (Phi) is 3.19. The van der Waals surface area contributed by atoms with Crippen molar-refractivity contribution in [2.24, 2.45) is 27.4 Å². The molecule has 0 amide bonds. The number of nitrogens with two attached hydrogens (primary N) is 3. The molecule has 0 aliphatic heterocycles. The minimum Gasteiger partial charge on any atom is -0.383 e. The Morgan fingerprint density at radius 3 is 2.57 bits per heavy atom. The topological polar surface area (TPSA) is 127 Å². The highest BCUT2D eigenvalue weighted by molar-refractivity contribution is 7.15. The van der Waals surface area contributed by atoms with Crippen molar-refractivity contribution in [2.45, 2.75) is 0 Å². The van der Waals surface area contributed by atoms with E-state index < -0.39 is 0 Å². The number of amidine groups is 1. The Morgan fingerprint density at radius 2 is 2.07 bits per heavy atom. The fraction of sp³-hybridized carbons (Fsp3) is 0. The monoisotopic (exact) mass is 210 g/mol. The third kappa shape index (κ3) is 2.87. The van der Waals surface area contributed by atoms with Gasteiger partial charge in [0.25, 0.3) is 0 Å². The molecule has 0 spiro atoms. The molecule has 0 aromatic carbocycles. The summed E-state index contributed by atoms with van der Waals surface area (Å²) in [5.74, 6) is -0.0545. The standard InChI is InChI=1S/C7H10N6S/c8-6(9)5-2-1-4(14-5)3-12-13-7(10)11/h1-3H,(H3,8,9)(H4,10,11,13)/b12-3+. The van der Waals surface area contributed by atoms with Crippen LogP contribution in [-0.4, -0.2) is 18.0 Å². The van der Waals surface area contributed by atoms with Crippen LogP contribution in [0.1, 0.15) is 9.75 Å². The summed E-state index contributed by atoms with van der Waals surface area (Å²) >= 11 is 1.34. The first kappa shape index (κ1) is 10.2. The van der Waals surface area contributed by atoms with Gasteiger partial charge in [0.1, 0.15) is 5.84 Å². The minimum atomic E-state index is -0.0930. The van der Waals surface area contributed by atoms with Gasteiger partial charge in [-0.05, 0) is 12.1 Å². The maximum Gasteiger partial charge on any atom is 0.211 e. The molecule has 0 bridgehead atoms. The van der Waals surface area contributed by atoms with E-state index in [0.717, 1.165) is 4.88 Å². The molecule has 0 unspecified atom stereocenters. The van der Waals surface area contributed by atoms with Gasteiger partial charge >= 0.3 is 0 Å². The molecule has 14 heavy (non-hydrogen) atoms. The molecule has 0 aliphatic rings. The minimum absolute atomic E-state index is 0.0384. The smallest absolute Gasteiger partial charge is 0.211 e. The lowest BCUT2D eigenvalue weighted by Gasteiger charge is -1.87. The van der Waals surface area contributed by atoms with Crippen molar-refractivity contribution >= 4 is 29.3 Å². The predicted octanol–water partition coefficient (Wildman–Crippen LogP) is -0.361. The summed E-state index contributed by atoms with van der Waals surface area (Å²) in [6.07, 6.45) is 1.50. The number of hydrogen-bond acceptors (Lipinski definition) is 4. The summed E-state index contributed by atoms with van der Waals surface area (Å²) in [6, 6.07) is 3.52. The average Bonchev–Trinajstić information content (AvgIpc) is 2.52. The van der Waals surface area contributed by atoms with Crippen LogP contribution in [0.15, 0.2) is 22.3 Å². The largest absolute Gasteiger partial charge is 0.383 e. The van der Waals surface area contributed by atoms with Crippen LogP contribution in [0.25, 0.3) is 0 Å². The average molecular weight is 210 g/mol. The third-order valence-electron chi connectivity index (χ3n) is 1.25. The van der Waals surface area contributed by atoms with Gasteiger partial charge < -0.3 is 17.2 Å². The zero-order valence-corrected chi connectivity index (χ0v) is 8.08. The Balaban J connectivity index is 2.74. The third-order valence-corrected chi connectivity index (χ3v) is 2.30. The lowest BCUT2D eigenvalue weighted by Crippen LogP contribution is -2.21. The van der Waals surface area contributed by atoms with Crippen LogP contribution < -0.4 is 17.2 Å². The number of rotatable bonds is 3. The fourth-order valence-electron chi connectivity index (χ4n) is 0.719. The lowest BCUT2D eigenvalue weighted by atomic mass is 10.4. The number of nitrogens with zero attached hydrogens (tertiary/aromatic N) is 2. The van der Waals surface area contributed by atoms with E-state index in [0.29, 0.717) is 4.88 Å². The van der Waals surface area contributed by atoms with Crippen LogP contribution in [0.5, 0.6) is 0 Å². The molecule has 1 rings (SSSR count). The molecule has 0 fully saturated rings. The number of hydrogen-bond donors (Lipinski definition) is 4. The van der Waals surface area contributed by atoms with Crippen molar-refractivity contribution in [3.05, 3.63) is 21.9 Å². The maximum atomic E-state index is 7.17. The summed E-state index contributed by atoms with van der Waals surface area (Å²) in [4.78, 5) is 1.52. The van der Waals surface area contributed by atoms with Gasteiger partial charge in [0.05, 0.1) is 11.1 Å². The van der Waals surface area contributed by atoms with Crippen LogP contribution in [0.4, 0.5) is 0 Å². The molecule has 0 radical (unpaired) electrons. The van der Waals surface area contributed by atoms with E-state index in [1.807, 2.05) is 0 Å². The maximum absolute atomic E-state index is 7.17. The van der Waals surface area contributed by atoms with Crippen LogP contribution in [0.3, 0.4) is 0 Å². The molecular formula is C7H10N6S. The van der Waals surface area contributed by atoms with Gasteiger partial charge in [0.2, 0.25) is 5.96 Å². The van der Waals surface area contributed by atoms with Crippen LogP contribution in [0.2, 0.25) is 0 Å². The van der Waals surface area contributed by atoms with Crippen LogP contribution >= 0.6 is 11.3 Å². The van der Waals surface area contributed by atoms with Gasteiger partial charge in [0, 0.05) is 4.88 Å². The van der Waals surface area contributed by atoms with Crippen molar-refractivity contribution in [3.63, 3.8) is 0 Å². The second-order valence-electron chi connectivity index (χ2n) is 2.39. The quantitative estimate of drug-likeness (QED) is 0.309. The summed E-state index contributed by atoms with van der Waals surface area (Å²) in [5, 5.41) is 14.2. The molecule has 1 aromatic heterocycles. The number of nitrogen functional groups attached to an aromatic ring is 1. The number of thiophene rings is 1.